The van der Waals surface area contributed by atoms with Crippen molar-refractivity contribution in [1.29, 1.82) is 0 Å². The highest BCUT2D eigenvalue weighted by molar-refractivity contribution is 5.17. The van der Waals surface area contributed by atoms with E-state index in [4.69, 9.17) is 5.11 Å². The summed E-state index contributed by atoms with van der Waals surface area (Å²) in [6.45, 7) is 11.7. The molecule has 2 aliphatic rings. The van der Waals surface area contributed by atoms with Gasteiger partial charge in [-0.2, -0.15) is 0 Å². The zero-order chi connectivity index (χ0) is 16.4. The molecule has 2 aliphatic carbocycles. The molecule has 126 valence electrons. The summed E-state index contributed by atoms with van der Waals surface area (Å²) >= 11 is 0. The van der Waals surface area contributed by atoms with Gasteiger partial charge in [0.1, 0.15) is 0 Å². The van der Waals surface area contributed by atoms with Gasteiger partial charge in [-0.3, -0.25) is 0 Å². The zero-order valence-electron chi connectivity index (χ0n) is 14.7. The fourth-order valence-corrected chi connectivity index (χ4v) is 5.44. The molecular weight excluding hydrogens is 272 g/mol. The van der Waals surface area contributed by atoms with Crippen LogP contribution in [0.1, 0.15) is 65.7 Å². The van der Waals surface area contributed by atoms with Gasteiger partial charge >= 0.3 is 0 Å². The Bertz CT molecular complexity index is 439. The van der Waals surface area contributed by atoms with Crippen molar-refractivity contribution < 1.29 is 10.2 Å². The van der Waals surface area contributed by atoms with E-state index in [1.54, 1.807) is 0 Å². The molecule has 2 fully saturated rings. The highest BCUT2D eigenvalue weighted by Crippen LogP contribution is 2.61. The van der Waals surface area contributed by atoms with E-state index in [9.17, 15) is 5.11 Å². The molecule has 0 unspecified atom stereocenters. The maximum Gasteiger partial charge on any atom is 0.0614 e. The van der Waals surface area contributed by atoms with Crippen molar-refractivity contribution >= 4 is 0 Å². The highest BCUT2D eigenvalue weighted by atomic mass is 16.3. The fraction of sp³-hybridized carbons (Fsp3) is 0.800. The molecule has 0 bridgehead atoms. The predicted octanol–water partition coefficient (Wildman–Crippen LogP) is 4.48. The average Bonchev–Trinajstić information content (AvgIpc) is 2.46. The molecule has 2 nitrogen and oxygen atoms in total. The largest absolute Gasteiger partial charge is 0.396 e. The Morgan fingerprint density at radius 1 is 1.32 bits per heavy atom. The molecule has 2 saturated carbocycles. The minimum atomic E-state index is 0.0853. The first-order chi connectivity index (χ1) is 10.4. The van der Waals surface area contributed by atoms with Crippen LogP contribution in [0.25, 0.3) is 0 Å². The maximum absolute atomic E-state index is 9.98. The van der Waals surface area contributed by atoms with Gasteiger partial charge < -0.3 is 10.2 Å². The van der Waals surface area contributed by atoms with Gasteiger partial charge in [-0.25, -0.2) is 0 Å². The van der Waals surface area contributed by atoms with E-state index < -0.39 is 0 Å². The number of hydrogen-bond acceptors (Lipinski definition) is 2. The second-order valence-corrected chi connectivity index (χ2v) is 8.25. The third kappa shape index (κ3) is 3.19. The molecule has 0 aromatic rings. The van der Waals surface area contributed by atoms with E-state index in [1.807, 2.05) is 6.08 Å². The summed E-state index contributed by atoms with van der Waals surface area (Å²) in [5.41, 5.74) is 3.06. The predicted molar refractivity (Wildman–Crippen MR) is 92.6 cm³/mol. The monoisotopic (exact) mass is 306 g/mol. The van der Waals surface area contributed by atoms with E-state index in [0.717, 1.165) is 25.7 Å². The van der Waals surface area contributed by atoms with Crippen molar-refractivity contribution in [3.8, 4) is 0 Å². The lowest BCUT2D eigenvalue weighted by atomic mass is 9.47. The molecule has 0 spiro atoms. The lowest BCUT2D eigenvalue weighted by Gasteiger charge is -2.58. The first-order valence-corrected chi connectivity index (χ1v) is 8.92. The van der Waals surface area contributed by atoms with Crippen molar-refractivity contribution in [2.45, 2.75) is 65.7 Å². The molecule has 0 aliphatic heterocycles. The Kier molecular flexibility index (Phi) is 5.55. The van der Waals surface area contributed by atoms with E-state index in [2.05, 4.69) is 27.4 Å². The summed E-state index contributed by atoms with van der Waals surface area (Å²) in [4.78, 5) is 0. The molecule has 0 radical (unpaired) electrons. The summed E-state index contributed by atoms with van der Waals surface area (Å²) < 4.78 is 0. The van der Waals surface area contributed by atoms with Crippen molar-refractivity contribution in [2.75, 3.05) is 13.2 Å². The van der Waals surface area contributed by atoms with Crippen LogP contribution in [-0.4, -0.2) is 23.4 Å². The van der Waals surface area contributed by atoms with Crippen LogP contribution < -0.4 is 0 Å². The van der Waals surface area contributed by atoms with Crippen LogP contribution in [0.4, 0.5) is 0 Å². The Balaban J connectivity index is 2.20. The summed E-state index contributed by atoms with van der Waals surface area (Å²) in [5, 5.41) is 19.0. The lowest BCUT2D eigenvalue weighted by molar-refractivity contribution is -0.0858. The molecule has 4 atom stereocenters. The van der Waals surface area contributed by atoms with Gasteiger partial charge in [0.25, 0.3) is 0 Å². The summed E-state index contributed by atoms with van der Waals surface area (Å²) in [5.74, 6) is 1.16. The summed E-state index contributed by atoms with van der Waals surface area (Å²) in [6, 6.07) is 0. The molecule has 0 amide bonds. The third-order valence-electron chi connectivity index (χ3n) is 6.77. The van der Waals surface area contributed by atoms with Crippen LogP contribution in [-0.2, 0) is 0 Å². The molecule has 0 aromatic heterocycles. The number of hydrogen-bond donors (Lipinski definition) is 2. The maximum atomic E-state index is 9.98. The molecule has 22 heavy (non-hydrogen) atoms. The number of fused-ring (bicyclic) bond motifs is 1. The van der Waals surface area contributed by atoms with Crippen LogP contribution >= 0.6 is 0 Å². The third-order valence-corrected chi connectivity index (χ3v) is 6.77. The summed E-state index contributed by atoms with van der Waals surface area (Å²) in [6.07, 6.45) is 10.0. The van der Waals surface area contributed by atoms with Crippen LogP contribution in [0.15, 0.2) is 23.8 Å². The molecular formula is C20H34O2. The van der Waals surface area contributed by atoms with Gasteiger partial charge in [0.05, 0.1) is 6.61 Å². The van der Waals surface area contributed by atoms with Gasteiger partial charge in [0.2, 0.25) is 0 Å². The standard InChI is InChI=1S/C20H34O2/c1-15(10-13-21)6-8-17-16(2)7-9-18-19(3,14-22)11-5-12-20(17,18)4/h10,17-18,21-22H,2,5-9,11-14H2,1,3-4H3/b15-10-/t17-,18-,19+,20-/m1/s1. The second kappa shape index (κ2) is 6.88. The number of allylic oxidation sites excluding steroid dienone is 2. The van der Waals surface area contributed by atoms with Crippen LogP contribution in [0.5, 0.6) is 0 Å². The molecule has 2 rings (SSSR count). The first kappa shape index (κ1) is 17.7. The lowest BCUT2D eigenvalue weighted by Crippen LogP contribution is -2.51. The van der Waals surface area contributed by atoms with Crippen molar-refractivity contribution in [2.24, 2.45) is 22.7 Å². The van der Waals surface area contributed by atoms with Gasteiger partial charge in [-0.15, -0.1) is 0 Å². The molecule has 2 heteroatoms. The quantitative estimate of drug-likeness (QED) is 0.735. The molecule has 2 N–H and O–H groups in total. The van der Waals surface area contributed by atoms with Gasteiger partial charge in [-0.1, -0.05) is 44.1 Å². The highest BCUT2D eigenvalue weighted by Gasteiger charge is 2.53. The Morgan fingerprint density at radius 3 is 2.68 bits per heavy atom. The van der Waals surface area contributed by atoms with Crippen LogP contribution in [0, 0.1) is 22.7 Å². The van der Waals surface area contributed by atoms with E-state index in [-0.39, 0.29) is 17.4 Å². The topological polar surface area (TPSA) is 40.5 Å². The van der Waals surface area contributed by atoms with E-state index in [1.165, 1.54) is 30.4 Å². The normalized spacial score (nSPS) is 39.7. The van der Waals surface area contributed by atoms with Gasteiger partial charge in [0, 0.05) is 6.61 Å². The van der Waals surface area contributed by atoms with Crippen molar-refractivity contribution in [1.82, 2.24) is 0 Å². The molecule has 0 heterocycles. The fourth-order valence-electron chi connectivity index (χ4n) is 5.44. The Hall–Kier alpha value is -0.600. The van der Waals surface area contributed by atoms with Crippen molar-refractivity contribution in [3.63, 3.8) is 0 Å². The average molecular weight is 306 g/mol. The second-order valence-electron chi connectivity index (χ2n) is 8.25. The molecule has 0 aromatic carbocycles. The van der Waals surface area contributed by atoms with Crippen molar-refractivity contribution in [3.05, 3.63) is 23.8 Å². The number of aliphatic hydroxyl groups excluding tert-OH is 2. The van der Waals surface area contributed by atoms with E-state index in [0.29, 0.717) is 18.4 Å². The SMILES string of the molecule is C=C1CC[C@@H]2[C@](C)(CO)CCC[C@]2(C)[C@@H]1CC/C(C)=C\CO. The number of aliphatic hydroxyl groups is 2. The van der Waals surface area contributed by atoms with Crippen LogP contribution in [0.2, 0.25) is 0 Å². The zero-order valence-corrected chi connectivity index (χ0v) is 14.7. The number of rotatable bonds is 5. The first-order valence-electron chi connectivity index (χ1n) is 8.92. The van der Waals surface area contributed by atoms with E-state index >= 15 is 0 Å². The smallest absolute Gasteiger partial charge is 0.0614 e. The Labute approximate surface area is 136 Å². The van der Waals surface area contributed by atoms with Gasteiger partial charge in [-0.05, 0) is 68.1 Å². The minimum absolute atomic E-state index is 0.0853. The van der Waals surface area contributed by atoms with Gasteiger partial charge in [0.15, 0.2) is 0 Å². The molecule has 0 saturated heterocycles. The minimum Gasteiger partial charge on any atom is -0.396 e. The Morgan fingerprint density at radius 2 is 2.05 bits per heavy atom. The summed E-state index contributed by atoms with van der Waals surface area (Å²) in [7, 11) is 0. The van der Waals surface area contributed by atoms with Crippen LogP contribution in [0.3, 0.4) is 0 Å².